The van der Waals surface area contributed by atoms with Crippen molar-refractivity contribution < 1.29 is 5.11 Å². The molecule has 6 heteroatoms. The minimum atomic E-state index is 0.0614. The largest absolute Gasteiger partial charge is 0.506 e. The fourth-order valence-electron chi connectivity index (χ4n) is 4.53. The second-order valence-corrected chi connectivity index (χ2v) is 8.86. The predicted octanol–water partition coefficient (Wildman–Crippen LogP) is 4.03. The number of hydrogen-bond acceptors (Lipinski definition) is 5. The lowest BCUT2D eigenvalue weighted by molar-refractivity contribution is 0.219. The Labute approximate surface area is 162 Å². The predicted molar refractivity (Wildman–Crippen MR) is 110 cm³/mol. The molecule has 1 fully saturated rings. The molecule has 2 aliphatic heterocycles. The maximum absolute atomic E-state index is 13.2. The number of thiophene rings is 1. The lowest BCUT2D eigenvalue weighted by atomic mass is 10.1. The third-order valence-electron chi connectivity index (χ3n) is 6.02. The summed E-state index contributed by atoms with van der Waals surface area (Å²) in [5.41, 5.74) is 1.02. The van der Waals surface area contributed by atoms with Crippen LogP contribution in [0.1, 0.15) is 49.9 Å². The fraction of sp³-hybridized carbons (Fsp3) is 0.524. The molecule has 1 saturated heterocycles. The van der Waals surface area contributed by atoms with Crippen LogP contribution in [-0.4, -0.2) is 32.6 Å². The minimum Gasteiger partial charge on any atom is -0.506 e. The lowest BCUT2D eigenvalue weighted by Crippen LogP contribution is -2.29. The van der Waals surface area contributed by atoms with Crippen LogP contribution in [0, 0.1) is 0 Å². The number of rotatable bonds is 2. The van der Waals surface area contributed by atoms with Gasteiger partial charge < -0.3 is 5.11 Å². The van der Waals surface area contributed by atoms with E-state index in [1.807, 2.05) is 16.7 Å². The molecule has 0 bridgehead atoms. The Kier molecular flexibility index (Phi) is 4.40. The highest BCUT2D eigenvalue weighted by molar-refractivity contribution is 7.25. The van der Waals surface area contributed by atoms with Crippen LogP contribution in [0.15, 0.2) is 16.9 Å². The number of fused-ring (bicyclic) bond motifs is 4. The van der Waals surface area contributed by atoms with E-state index < -0.39 is 0 Å². The highest BCUT2D eigenvalue weighted by Crippen LogP contribution is 2.39. The maximum Gasteiger partial charge on any atom is 0.262 e. The minimum absolute atomic E-state index is 0.0614. The van der Waals surface area contributed by atoms with Crippen molar-refractivity contribution in [3.8, 4) is 5.75 Å². The number of hydrogen-bond donors (Lipinski definition) is 1. The summed E-state index contributed by atoms with van der Waals surface area (Å²) in [7, 11) is 0. The van der Waals surface area contributed by atoms with Crippen LogP contribution in [0.4, 0.5) is 0 Å². The van der Waals surface area contributed by atoms with Crippen LogP contribution in [0.2, 0.25) is 0 Å². The zero-order valence-electron chi connectivity index (χ0n) is 15.5. The molecule has 5 rings (SSSR count). The van der Waals surface area contributed by atoms with Crippen molar-refractivity contribution in [3.05, 3.63) is 33.9 Å². The Morgan fingerprint density at radius 2 is 1.81 bits per heavy atom. The molecule has 142 valence electrons. The maximum atomic E-state index is 13.2. The summed E-state index contributed by atoms with van der Waals surface area (Å²) in [6.07, 6.45) is 7.92. The van der Waals surface area contributed by atoms with E-state index in [0.717, 1.165) is 78.2 Å². The first-order valence-electron chi connectivity index (χ1n) is 10.1. The van der Waals surface area contributed by atoms with Crippen LogP contribution >= 0.6 is 11.3 Å². The van der Waals surface area contributed by atoms with E-state index in [4.69, 9.17) is 4.98 Å². The third-order valence-corrected chi connectivity index (χ3v) is 7.13. The van der Waals surface area contributed by atoms with E-state index in [0.29, 0.717) is 11.1 Å². The molecule has 2 aliphatic rings. The van der Waals surface area contributed by atoms with Gasteiger partial charge in [0.05, 0.1) is 10.1 Å². The summed E-state index contributed by atoms with van der Waals surface area (Å²) in [5, 5.41) is 12.5. The first-order chi connectivity index (χ1) is 13.2. The monoisotopic (exact) mass is 383 g/mol. The Bertz CT molecular complexity index is 1060. The molecule has 0 amide bonds. The van der Waals surface area contributed by atoms with Crippen molar-refractivity contribution in [2.75, 3.05) is 13.1 Å². The van der Waals surface area contributed by atoms with Crippen LogP contribution in [0.25, 0.3) is 20.3 Å². The average Bonchev–Trinajstić information content (AvgIpc) is 2.89. The van der Waals surface area contributed by atoms with E-state index in [1.165, 1.54) is 30.6 Å². The number of benzene rings is 1. The third kappa shape index (κ3) is 2.95. The van der Waals surface area contributed by atoms with Gasteiger partial charge in [0.15, 0.2) is 0 Å². The van der Waals surface area contributed by atoms with Crippen LogP contribution in [0.3, 0.4) is 0 Å². The van der Waals surface area contributed by atoms with Gasteiger partial charge >= 0.3 is 0 Å². The zero-order valence-corrected chi connectivity index (χ0v) is 16.4. The summed E-state index contributed by atoms with van der Waals surface area (Å²) < 4.78 is 2.67. The van der Waals surface area contributed by atoms with Crippen LogP contribution in [0.5, 0.6) is 5.75 Å². The van der Waals surface area contributed by atoms with Gasteiger partial charge in [-0.05, 0) is 38.8 Å². The van der Waals surface area contributed by atoms with Crippen molar-refractivity contribution in [3.63, 3.8) is 0 Å². The molecule has 1 N–H and O–H groups in total. The Hall–Kier alpha value is -1.92. The molecule has 5 nitrogen and oxygen atoms in total. The Balaban J connectivity index is 1.63. The van der Waals surface area contributed by atoms with Crippen molar-refractivity contribution >= 4 is 31.6 Å². The van der Waals surface area contributed by atoms with Crippen LogP contribution < -0.4 is 5.56 Å². The standard InChI is InChI=1S/C21H25N3O2S/c25-18-14(13-23-10-4-2-5-11-23)8-9-15-17-20(27-19(15)18)22-16-7-3-1-6-12-24(16)21(17)26/h8-9,25H,1-7,10-13H2. The second kappa shape index (κ2) is 6.91. The topological polar surface area (TPSA) is 58.4 Å². The molecule has 0 radical (unpaired) electrons. The number of aryl methyl sites for hydroxylation is 1. The summed E-state index contributed by atoms with van der Waals surface area (Å²) in [6.45, 7) is 3.73. The summed E-state index contributed by atoms with van der Waals surface area (Å²) in [5.74, 6) is 1.24. The van der Waals surface area contributed by atoms with E-state index in [1.54, 1.807) is 0 Å². The lowest BCUT2D eigenvalue weighted by Gasteiger charge is -2.26. The molecule has 0 saturated carbocycles. The van der Waals surface area contributed by atoms with E-state index >= 15 is 0 Å². The molecule has 0 spiro atoms. The highest BCUT2D eigenvalue weighted by Gasteiger charge is 2.21. The molecule has 1 aromatic carbocycles. The molecule has 2 aromatic heterocycles. The first kappa shape index (κ1) is 17.2. The number of aromatic hydroxyl groups is 1. The number of phenols is 1. The van der Waals surface area contributed by atoms with Crippen molar-refractivity contribution in [2.24, 2.45) is 0 Å². The van der Waals surface area contributed by atoms with Gasteiger partial charge in [0.1, 0.15) is 16.4 Å². The molecule has 3 aromatic rings. The fourth-order valence-corrected chi connectivity index (χ4v) is 5.68. The molecule has 27 heavy (non-hydrogen) atoms. The Morgan fingerprint density at radius 1 is 1.04 bits per heavy atom. The van der Waals surface area contributed by atoms with Crippen molar-refractivity contribution in [1.29, 1.82) is 0 Å². The quantitative estimate of drug-likeness (QED) is 0.726. The van der Waals surface area contributed by atoms with Crippen molar-refractivity contribution in [2.45, 2.75) is 58.0 Å². The van der Waals surface area contributed by atoms with Gasteiger partial charge in [0.25, 0.3) is 5.56 Å². The van der Waals surface area contributed by atoms with Gasteiger partial charge in [-0.1, -0.05) is 25.0 Å². The van der Waals surface area contributed by atoms with E-state index in [2.05, 4.69) is 4.90 Å². The normalized spacial score (nSPS) is 18.7. The first-order valence-corrected chi connectivity index (χ1v) is 10.9. The summed E-state index contributed by atoms with van der Waals surface area (Å²) in [6, 6.07) is 4.01. The summed E-state index contributed by atoms with van der Waals surface area (Å²) >= 11 is 1.47. The Morgan fingerprint density at radius 3 is 2.67 bits per heavy atom. The van der Waals surface area contributed by atoms with Gasteiger partial charge in [-0.15, -0.1) is 11.3 Å². The molecular weight excluding hydrogens is 358 g/mol. The van der Waals surface area contributed by atoms with Gasteiger partial charge in [0, 0.05) is 30.5 Å². The van der Waals surface area contributed by atoms with Crippen LogP contribution in [-0.2, 0) is 19.5 Å². The van der Waals surface area contributed by atoms with Gasteiger partial charge in [-0.2, -0.15) is 0 Å². The molecule has 4 heterocycles. The number of nitrogens with zero attached hydrogens (tertiary/aromatic N) is 3. The SMILES string of the molecule is O=c1c2c(nc3n1CCCCC3)sc1c(O)c(CN3CCCCC3)ccc12. The molecule has 0 unspecified atom stereocenters. The molecule has 0 aliphatic carbocycles. The smallest absolute Gasteiger partial charge is 0.262 e. The van der Waals surface area contributed by atoms with E-state index in [9.17, 15) is 9.90 Å². The number of phenolic OH excluding ortho intramolecular Hbond substituents is 1. The van der Waals surface area contributed by atoms with Gasteiger partial charge in [0.2, 0.25) is 0 Å². The molecule has 0 atom stereocenters. The van der Waals surface area contributed by atoms with E-state index in [-0.39, 0.29) is 5.56 Å². The van der Waals surface area contributed by atoms with Crippen molar-refractivity contribution in [1.82, 2.24) is 14.5 Å². The number of likely N-dealkylation sites (tertiary alicyclic amines) is 1. The zero-order chi connectivity index (χ0) is 18.4. The molecular formula is C21H25N3O2S. The average molecular weight is 384 g/mol. The number of piperidine rings is 1. The number of aromatic nitrogens is 2. The second-order valence-electron chi connectivity index (χ2n) is 7.86. The highest BCUT2D eigenvalue weighted by atomic mass is 32.1. The van der Waals surface area contributed by atoms with Gasteiger partial charge in [-0.3, -0.25) is 14.3 Å². The van der Waals surface area contributed by atoms with Gasteiger partial charge in [-0.25, -0.2) is 4.98 Å². The summed E-state index contributed by atoms with van der Waals surface area (Å²) in [4.78, 5) is 21.2.